The Kier molecular flexibility index (Phi) is 6.68. The Bertz CT molecular complexity index is 761. The van der Waals surface area contributed by atoms with Crippen molar-refractivity contribution in [1.29, 1.82) is 0 Å². The Morgan fingerprint density at radius 3 is 2.56 bits per heavy atom. The first-order chi connectivity index (χ1) is 12.7. The van der Waals surface area contributed by atoms with Crippen LogP contribution in [0.15, 0.2) is 36.5 Å². The molecule has 0 saturated carbocycles. The molecule has 3 N–H and O–H groups in total. The highest BCUT2D eigenvalue weighted by molar-refractivity contribution is 5.98. The quantitative estimate of drug-likeness (QED) is 0.690. The fourth-order valence-electron chi connectivity index (χ4n) is 2.17. The van der Waals surface area contributed by atoms with Crippen LogP contribution in [-0.4, -0.2) is 39.3 Å². The van der Waals surface area contributed by atoms with Crippen molar-refractivity contribution in [2.75, 3.05) is 16.8 Å². The molecule has 27 heavy (non-hydrogen) atoms. The van der Waals surface area contributed by atoms with Crippen LogP contribution in [0.3, 0.4) is 0 Å². The zero-order chi connectivity index (χ0) is 20.0. The second-order valence-electron chi connectivity index (χ2n) is 6.80. The molecule has 0 aliphatic heterocycles. The number of nitrogens with one attached hydrogen (secondary N) is 2. The van der Waals surface area contributed by atoms with Crippen molar-refractivity contribution in [2.24, 2.45) is 0 Å². The molecule has 146 valence electrons. The van der Waals surface area contributed by atoms with Gasteiger partial charge in [0.1, 0.15) is 11.6 Å². The van der Waals surface area contributed by atoms with E-state index in [1.54, 1.807) is 19.9 Å². The number of urea groups is 1. The number of aliphatic hydroxyl groups is 1. The van der Waals surface area contributed by atoms with Gasteiger partial charge in [-0.1, -0.05) is 6.92 Å². The van der Waals surface area contributed by atoms with Gasteiger partial charge in [0.05, 0.1) is 17.3 Å². The molecule has 1 aromatic heterocycles. The largest absolute Gasteiger partial charge is 0.388 e. The predicted molar refractivity (Wildman–Crippen MR) is 104 cm³/mol. The Balaban J connectivity index is 2.36. The van der Waals surface area contributed by atoms with Crippen LogP contribution in [0, 0.1) is 5.82 Å². The first kappa shape index (κ1) is 20.6. The summed E-state index contributed by atoms with van der Waals surface area (Å²) in [5.41, 5.74) is -0.501. The summed E-state index contributed by atoms with van der Waals surface area (Å²) < 4.78 is 13.3. The third-order valence-electron chi connectivity index (χ3n) is 4.09. The minimum atomic E-state index is -0.978. The van der Waals surface area contributed by atoms with Gasteiger partial charge in [-0.3, -0.25) is 0 Å². The molecule has 0 unspecified atom stereocenters. The van der Waals surface area contributed by atoms with E-state index in [2.05, 4.69) is 20.6 Å². The average molecular weight is 375 g/mol. The van der Waals surface area contributed by atoms with Crippen molar-refractivity contribution in [1.82, 2.24) is 15.3 Å². The second-order valence-corrected chi connectivity index (χ2v) is 6.80. The standard InChI is InChI=1S/C19H26FN5O2/c1-5-11-22-18(26)25(15-8-6-14(20)7-9-15)16-10-12-21-17(24-16)23-13(2)19(3,4)27/h6-10,12-13,27H,5,11H2,1-4H3,(H,22,26)(H,21,23,24)/t13-/m0/s1. The van der Waals surface area contributed by atoms with Crippen LogP contribution in [0.1, 0.15) is 34.1 Å². The summed E-state index contributed by atoms with van der Waals surface area (Å²) in [7, 11) is 0. The fraction of sp³-hybridized carbons (Fsp3) is 0.421. The van der Waals surface area contributed by atoms with Crippen LogP contribution in [0.25, 0.3) is 0 Å². The zero-order valence-corrected chi connectivity index (χ0v) is 16.0. The number of benzene rings is 1. The van der Waals surface area contributed by atoms with E-state index in [1.165, 1.54) is 35.4 Å². The van der Waals surface area contributed by atoms with Crippen LogP contribution in [0.2, 0.25) is 0 Å². The number of hydrogen-bond acceptors (Lipinski definition) is 5. The lowest BCUT2D eigenvalue weighted by Crippen LogP contribution is -2.40. The zero-order valence-electron chi connectivity index (χ0n) is 16.0. The molecule has 0 saturated heterocycles. The summed E-state index contributed by atoms with van der Waals surface area (Å²) in [6, 6.07) is 6.49. The smallest absolute Gasteiger partial charge is 0.327 e. The van der Waals surface area contributed by atoms with Crippen LogP contribution in [0.5, 0.6) is 0 Å². The number of amides is 2. The van der Waals surface area contributed by atoms with Gasteiger partial charge in [-0.05, 0) is 51.5 Å². The van der Waals surface area contributed by atoms with Crippen LogP contribution < -0.4 is 15.5 Å². The van der Waals surface area contributed by atoms with Crippen molar-refractivity contribution < 1.29 is 14.3 Å². The van der Waals surface area contributed by atoms with E-state index in [-0.39, 0.29) is 18.0 Å². The molecule has 0 spiro atoms. The van der Waals surface area contributed by atoms with E-state index in [0.717, 1.165) is 6.42 Å². The molecule has 0 aliphatic carbocycles. The summed E-state index contributed by atoms with van der Waals surface area (Å²) in [6.45, 7) is 7.62. The minimum Gasteiger partial charge on any atom is -0.388 e. The molecule has 1 heterocycles. The number of anilines is 3. The Hall–Kier alpha value is -2.74. The van der Waals surface area contributed by atoms with Gasteiger partial charge >= 0.3 is 6.03 Å². The number of rotatable bonds is 7. The van der Waals surface area contributed by atoms with Gasteiger partial charge in [-0.15, -0.1) is 0 Å². The third kappa shape index (κ3) is 5.62. The van der Waals surface area contributed by atoms with Crippen LogP contribution >= 0.6 is 0 Å². The van der Waals surface area contributed by atoms with E-state index in [9.17, 15) is 14.3 Å². The third-order valence-corrected chi connectivity index (χ3v) is 4.09. The molecule has 0 radical (unpaired) electrons. The maximum Gasteiger partial charge on any atom is 0.327 e. The van der Waals surface area contributed by atoms with E-state index < -0.39 is 11.4 Å². The van der Waals surface area contributed by atoms with Gasteiger partial charge in [-0.25, -0.2) is 19.1 Å². The molecule has 8 heteroatoms. The summed E-state index contributed by atoms with van der Waals surface area (Å²) >= 11 is 0. The summed E-state index contributed by atoms with van der Waals surface area (Å²) in [5, 5.41) is 15.9. The first-order valence-electron chi connectivity index (χ1n) is 8.88. The SMILES string of the molecule is CCCNC(=O)N(c1ccc(F)cc1)c1ccnc(N[C@@H](C)C(C)(C)O)n1. The van der Waals surface area contributed by atoms with Crippen molar-refractivity contribution in [2.45, 2.75) is 45.8 Å². The van der Waals surface area contributed by atoms with E-state index in [1.807, 2.05) is 13.8 Å². The van der Waals surface area contributed by atoms with Crippen LogP contribution in [0.4, 0.5) is 26.6 Å². The molecule has 2 aromatic rings. The van der Waals surface area contributed by atoms with Gasteiger partial charge in [-0.2, -0.15) is 4.98 Å². The Morgan fingerprint density at radius 1 is 1.30 bits per heavy atom. The van der Waals surface area contributed by atoms with Gasteiger partial charge < -0.3 is 15.7 Å². The number of hydrogen-bond donors (Lipinski definition) is 3. The minimum absolute atomic E-state index is 0.275. The molecule has 0 aliphatic rings. The van der Waals surface area contributed by atoms with E-state index >= 15 is 0 Å². The normalized spacial score (nSPS) is 12.4. The molecule has 0 fully saturated rings. The number of aromatic nitrogens is 2. The lowest BCUT2D eigenvalue weighted by molar-refractivity contribution is 0.0646. The van der Waals surface area contributed by atoms with Gasteiger partial charge in [0, 0.05) is 18.8 Å². The summed E-state index contributed by atoms with van der Waals surface area (Å²) in [4.78, 5) is 22.6. The number of nitrogens with zero attached hydrogens (tertiary/aromatic N) is 3. The van der Waals surface area contributed by atoms with E-state index in [0.29, 0.717) is 18.1 Å². The molecule has 2 amide bonds. The van der Waals surface area contributed by atoms with Crippen molar-refractivity contribution >= 4 is 23.5 Å². The number of carbonyl (C=O) groups is 1. The highest BCUT2D eigenvalue weighted by Crippen LogP contribution is 2.25. The molecule has 0 bridgehead atoms. The molecule has 7 nitrogen and oxygen atoms in total. The topological polar surface area (TPSA) is 90.4 Å². The highest BCUT2D eigenvalue weighted by atomic mass is 19.1. The molecule has 1 atom stereocenters. The maximum atomic E-state index is 13.3. The number of halogens is 1. The molecule has 1 aromatic carbocycles. The fourth-order valence-corrected chi connectivity index (χ4v) is 2.17. The first-order valence-corrected chi connectivity index (χ1v) is 8.88. The Morgan fingerprint density at radius 2 is 1.96 bits per heavy atom. The lowest BCUT2D eigenvalue weighted by Gasteiger charge is -2.27. The van der Waals surface area contributed by atoms with Crippen molar-refractivity contribution in [3.8, 4) is 0 Å². The van der Waals surface area contributed by atoms with Crippen LogP contribution in [-0.2, 0) is 0 Å². The highest BCUT2D eigenvalue weighted by Gasteiger charge is 2.24. The lowest BCUT2D eigenvalue weighted by atomic mass is 10.0. The van der Waals surface area contributed by atoms with Gasteiger partial charge in [0.15, 0.2) is 0 Å². The molecular weight excluding hydrogens is 349 g/mol. The maximum absolute atomic E-state index is 13.3. The van der Waals surface area contributed by atoms with E-state index in [4.69, 9.17) is 0 Å². The summed E-state index contributed by atoms with van der Waals surface area (Å²) in [5.74, 6) is 0.213. The van der Waals surface area contributed by atoms with Crippen molar-refractivity contribution in [3.05, 3.63) is 42.3 Å². The monoisotopic (exact) mass is 375 g/mol. The predicted octanol–water partition coefficient (Wildman–Crippen LogP) is 3.44. The number of carbonyl (C=O) groups excluding carboxylic acids is 1. The van der Waals surface area contributed by atoms with Gasteiger partial charge in [0.25, 0.3) is 0 Å². The summed E-state index contributed by atoms with van der Waals surface area (Å²) in [6.07, 6.45) is 2.30. The van der Waals surface area contributed by atoms with Crippen molar-refractivity contribution in [3.63, 3.8) is 0 Å². The molecular formula is C19H26FN5O2. The second kappa shape index (κ2) is 8.77. The Labute approximate surface area is 158 Å². The average Bonchev–Trinajstić information content (AvgIpc) is 2.61. The van der Waals surface area contributed by atoms with Gasteiger partial charge in [0.2, 0.25) is 5.95 Å². The molecule has 2 rings (SSSR count).